The van der Waals surface area contributed by atoms with Crippen LogP contribution in [0.15, 0.2) is 0 Å². The van der Waals surface area contributed by atoms with Crippen LogP contribution in [0.5, 0.6) is 0 Å². The maximum atomic E-state index is 11.9. The number of amides is 1. The molecule has 0 spiro atoms. The largest absolute Gasteiger partial charge is 0.390 e. The van der Waals surface area contributed by atoms with Crippen molar-refractivity contribution in [1.29, 1.82) is 0 Å². The second kappa shape index (κ2) is 7.07. The SMILES string of the molecule is COCCCNC(=O)C(C)N1CCC(C)(O)CC1. The molecule has 0 aromatic carbocycles. The van der Waals surface area contributed by atoms with Gasteiger partial charge in [-0.25, -0.2) is 0 Å². The van der Waals surface area contributed by atoms with E-state index in [4.69, 9.17) is 4.74 Å². The molecule has 5 heteroatoms. The predicted molar refractivity (Wildman–Crippen MR) is 70.4 cm³/mol. The van der Waals surface area contributed by atoms with Gasteiger partial charge in [0, 0.05) is 33.4 Å². The summed E-state index contributed by atoms with van der Waals surface area (Å²) in [5, 5.41) is 12.8. The Balaban J connectivity index is 2.27. The fourth-order valence-electron chi connectivity index (χ4n) is 2.13. The van der Waals surface area contributed by atoms with Crippen molar-refractivity contribution in [3.8, 4) is 0 Å². The van der Waals surface area contributed by atoms with E-state index in [1.54, 1.807) is 7.11 Å². The van der Waals surface area contributed by atoms with Crippen LogP contribution >= 0.6 is 0 Å². The van der Waals surface area contributed by atoms with Crippen molar-refractivity contribution in [3.63, 3.8) is 0 Å². The highest BCUT2D eigenvalue weighted by Crippen LogP contribution is 2.22. The normalized spacial score (nSPS) is 21.6. The molecule has 1 amide bonds. The number of ether oxygens (including phenoxy) is 1. The number of nitrogens with zero attached hydrogens (tertiary/aromatic N) is 1. The summed E-state index contributed by atoms with van der Waals surface area (Å²) in [6.07, 6.45) is 2.30. The fourth-order valence-corrected chi connectivity index (χ4v) is 2.13. The van der Waals surface area contributed by atoms with E-state index in [0.29, 0.717) is 13.2 Å². The van der Waals surface area contributed by atoms with Crippen LogP contribution in [0.2, 0.25) is 0 Å². The van der Waals surface area contributed by atoms with Crippen LogP contribution in [0.1, 0.15) is 33.1 Å². The van der Waals surface area contributed by atoms with Crippen LogP contribution in [0.4, 0.5) is 0 Å². The highest BCUT2D eigenvalue weighted by atomic mass is 16.5. The predicted octanol–water partition coefficient (Wildman–Crippen LogP) is 0.374. The average Bonchev–Trinajstić information content (AvgIpc) is 2.33. The molecular formula is C13H26N2O3. The van der Waals surface area contributed by atoms with E-state index >= 15 is 0 Å². The molecule has 0 aliphatic carbocycles. The van der Waals surface area contributed by atoms with Crippen LogP contribution in [0, 0.1) is 0 Å². The summed E-state index contributed by atoms with van der Waals surface area (Å²) in [5.41, 5.74) is -0.564. The Labute approximate surface area is 109 Å². The fraction of sp³-hybridized carbons (Fsp3) is 0.923. The van der Waals surface area contributed by atoms with Crippen molar-refractivity contribution in [2.24, 2.45) is 0 Å². The van der Waals surface area contributed by atoms with Crippen molar-refractivity contribution >= 4 is 5.91 Å². The number of rotatable bonds is 6. The van der Waals surface area contributed by atoms with Gasteiger partial charge in [-0.15, -0.1) is 0 Å². The number of carbonyl (C=O) groups excluding carboxylic acids is 1. The van der Waals surface area contributed by atoms with E-state index in [1.165, 1.54) is 0 Å². The summed E-state index contributed by atoms with van der Waals surface area (Å²) in [6, 6.07) is -0.122. The molecule has 1 rings (SSSR count). The van der Waals surface area contributed by atoms with Gasteiger partial charge in [0.1, 0.15) is 0 Å². The molecule has 1 atom stereocenters. The molecule has 106 valence electrons. The zero-order chi connectivity index (χ0) is 13.6. The second-order valence-electron chi connectivity index (χ2n) is 5.35. The minimum absolute atomic E-state index is 0.0626. The highest BCUT2D eigenvalue weighted by molar-refractivity contribution is 5.81. The Kier molecular flexibility index (Phi) is 6.05. The summed E-state index contributed by atoms with van der Waals surface area (Å²) in [4.78, 5) is 14.0. The first kappa shape index (κ1) is 15.4. The monoisotopic (exact) mass is 258 g/mol. The number of hydrogen-bond donors (Lipinski definition) is 2. The van der Waals surface area contributed by atoms with Gasteiger partial charge in [0.15, 0.2) is 0 Å². The number of methoxy groups -OCH3 is 1. The summed E-state index contributed by atoms with van der Waals surface area (Å²) in [6.45, 7) is 6.66. The molecule has 1 saturated heterocycles. The average molecular weight is 258 g/mol. The van der Waals surface area contributed by atoms with Crippen LogP contribution in [-0.4, -0.2) is 60.9 Å². The molecule has 18 heavy (non-hydrogen) atoms. The minimum Gasteiger partial charge on any atom is -0.390 e. The van der Waals surface area contributed by atoms with Gasteiger partial charge in [-0.3, -0.25) is 9.69 Å². The maximum absolute atomic E-state index is 11.9. The smallest absolute Gasteiger partial charge is 0.237 e. The van der Waals surface area contributed by atoms with E-state index in [2.05, 4.69) is 10.2 Å². The minimum atomic E-state index is -0.564. The number of carbonyl (C=O) groups is 1. The van der Waals surface area contributed by atoms with E-state index in [-0.39, 0.29) is 11.9 Å². The Morgan fingerprint density at radius 2 is 2.11 bits per heavy atom. The van der Waals surface area contributed by atoms with E-state index in [1.807, 2.05) is 13.8 Å². The highest BCUT2D eigenvalue weighted by Gasteiger charge is 2.31. The summed E-state index contributed by atoms with van der Waals surface area (Å²) in [5.74, 6) is 0.0626. The van der Waals surface area contributed by atoms with Crippen molar-refractivity contribution in [3.05, 3.63) is 0 Å². The molecule has 2 N–H and O–H groups in total. The number of hydrogen-bond acceptors (Lipinski definition) is 4. The Morgan fingerprint density at radius 3 is 2.67 bits per heavy atom. The number of nitrogens with one attached hydrogen (secondary N) is 1. The lowest BCUT2D eigenvalue weighted by atomic mass is 9.93. The van der Waals surface area contributed by atoms with Gasteiger partial charge in [-0.2, -0.15) is 0 Å². The molecule has 5 nitrogen and oxygen atoms in total. The first-order chi connectivity index (χ1) is 8.46. The molecule has 1 aliphatic heterocycles. The van der Waals surface area contributed by atoms with Crippen molar-refractivity contribution in [2.45, 2.75) is 44.8 Å². The molecule has 1 aliphatic rings. The molecule has 1 fully saturated rings. The van der Waals surface area contributed by atoms with Gasteiger partial charge in [0.05, 0.1) is 11.6 Å². The quantitative estimate of drug-likeness (QED) is 0.676. The number of aliphatic hydroxyl groups is 1. The Hall–Kier alpha value is -0.650. The van der Waals surface area contributed by atoms with Crippen LogP contribution in [0.3, 0.4) is 0 Å². The van der Waals surface area contributed by atoms with Crippen molar-refractivity contribution in [2.75, 3.05) is 33.4 Å². The lowest BCUT2D eigenvalue weighted by Crippen LogP contribution is -2.51. The van der Waals surface area contributed by atoms with Gasteiger partial charge < -0.3 is 15.2 Å². The van der Waals surface area contributed by atoms with Gasteiger partial charge in [-0.1, -0.05) is 0 Å². The van der Waals surface area contributed by atoms with Gasteiger partial charge in [0.25, 0.3) is 0 Å². The van der Waals surface area contributed by atoms with Gasteiger partial charge >= 0.3 is 0 Å². The van der Waals surface area contributed by atoms with Crippen LogP contribution < -0.4 is 5.32 Å². The standard InChI is InChI=1S/C13H26N2O3/c1-11(12(16)14-7-4-10-18-3)15-8-5-13(2,17)6-9-15/h11,17H,4-10H2,1-3H3,(H,14,16). The molecule has 0 saturated carbocycles. The molecule has 0 bridgehead atoms. The zero-order valence-corrected chi connectivity index (χ0v) is 11.7. The number of likely N-dealkylation sites (tertiary alicyclic amines) is 1. The molecule has 1 unspecified atom stereocenters. The van der Waals surface area contributed by atoms with Gasteiger partial charge in [-0.05, 0) is 33.1 Å². The lowest BCUT2D eigenvalue weighted by Gasteiger charge is -2.38. The van der Waals surface area contributed by atoms with Crippen molar-refractivity contribution < 1.29 is 14.6 Å². The Bertz CT molecular complexity index is 259. The summed E-state index contributed by atoms with van der Waals surface area (Å²) in [7, 11) is 1.66. The first-order valence-electron chi connectivity index (χ1n) is 6.69. The molecule has 0 aromatic rings. The third kappa shape index (κ3) is 4.92. The topological polar surface area (TPSA) is 61.8 Å². The van der Waals surface area contributed by atoms with Crippen LogP contribution in [0.25, 0.3) is 0 Å². The summed E-state index contributed by atoms with van der Waals surface area (Å²) < 4.78 is 4.93. The van der Waals surface area contributed by atoms with E-state index < -0.39 is 5.60 Å². The lowest BCUT2D eigenvalue weighted by molar-refractivity contribution is -0.127. The second-order valence-corrected chi connectivity index (χ2v) is 5.35. The summed E-state index contributed by atoms with van der Waals surface area (Å²) >= 11 is 0. The first-order valence-corrected chi connectivity index (χ1v) is 6.69. The van der Waals surface area contributed by atoms with Crippen molar-refractivity contribution in [1.82, 2.24) is 10.2 Å². The Morgan fingerprint density at radius 1 is 1.50 bits per heavy atom. The maximum Gasteiger partial charge on any atom is 0.237 e. The van der Waals surface area contributed by atoms with E-state index in [0.717, 1.165) is 32.4 Å². The van der Waals surface area contributed by atoms with Crippen LogP contribution in [-0.2, 0) is 9.53 Å². The molecule has 0 radical (unpaired) electrons. The third-order valence-electron chi connectivity index (χ3n) is 3.63. The molecular weight excluding hydrogens is 232 g/mol. The molecule has 1 heterocycles. The third-order valence-corrected chi connectivity index (χ3v) is 3.63. The number of piperidine rings is 1. The van der Waals surface area contributed by atoms with Gasteiger partial charge in [0.2, 0.25) is 5.91 Å². The zero-order valence-electron chi connectivity index (χ0n) is 11.7. The van der Waals surface area contributed by atoms with E-state index in [9.17, 15) is 9.90 Å². The molecule has 0 aromatic heterocycles.